The molecule has 0 saturated carbocycles. The second-order valence-electron chi connectivity index (χ2n) is 16.2. The summed E-state index contributed by atoms with van der Waals surface area (Å²) in [6, 6.07) is 25.6. The highest BCUT2D eigenvalue weighted by Crippen LogP contribution is 2.34. The van der Waals surface area contributed by atoms with E-state index in [4.69, 9.17) is 10.2 Å². The van der Waals surface area contributed by atoms with Crippen LogP contribution >= 0.6 is 0 Å². The summed E-state index contributed by atoms with van der Waals surface area (Å²) in [7, 11) is 4.09. The topological polar surface area (TPSA) is 108 Å². The monoisotopic (exact) mass is 830 g/mol. The average molecular weight is 830 g/mol. The number of anilines is 3. The zero-order valence-electron chi connectivity index (χ0n) is 42.6. The van der Waals surface area contributed by atoms with Gasteiger partial charge in [0.2, 0.25) is 0 Å². The van der Waals surface area contributed by atoms with Crippen molar-refractivity contribution in [1.29, 1.82) is 0 Å². The van der Waals surface area contributed by atoms with Gasteiger partial charge in [-0.05, 0) is 119 Å². The third-order valence-corrected chi connectivity index (χ3v) is 7.61. The Kier molecular flexibility index (Phi) is 43.1. The maximum atomic E-state index is 9.58. The van der Waals surface area contributed by atoms with Gasteiger partial charge < -0.3 is 36.0 Å². The van der Waals surface area contributed by atoms with Crippen LogP contribution in [0, 0.1) is 11.8 Å². The molecule has 6 N–H and O–H groups in total. The van der Waals surface area contributed by atoms with Gasteiger partial charge in [-0.15, -0.1) is 0 Å². The van der Waals surface area contributed by atoms with Gasteiger partial charge in [0.05, 0.1) is 36.5 Å². The maximum absolute atomic E-state index is 9.58. The van der Waals surface area contributed by atoms with Gasteiger partial charge in [-0.2, -0.15) is 0 Å². The highest BCUT2D eigenvalue weighted by atomic mass is 16.3. The van der Waals surface area contributed by atoms with E-state index in [1.54, 1.807) is 0 Å². The van der Waals surface area contributed by atoms with Crippen molar-refractivity contribution in [2.45, 2.75) is 187 Å². The third kappa shape index (κ3) is 34.3. The minimum atomic E-state index is -0.381. The van der Waals surface area contributed by atoms with Crippen LogP contribution in [-0.4, -0.2) is 71.0 Å². The lowest BCUT2D eigenvalue weighted by Crippen LogP contribution is -2.34. The number of nitrogens with one attached hydrogen (secondary N) is 2. The minimum Gasteiger partial charge on any atom is -0.394 e. The molecule has 346 valence electrons. The van der Waals surface area contributed by atoms with Crippen molar-refractivity contribution in [2.75, 3.05) is 42.8 Å². The van der Waals surface area contributed by atoms with E-state index in [1.807, 2.05) is 111 Å². The van der Waals surface area contributed by atoms with Crippen molar-refractivity contribution in [2.24, 2.45) is 11.8 Å². The van der Waals surface area contributed by atoms with Crippen molar-refractivity contribution in [3.8, 4) is 0 Å². The van der Waals surface area contributed by atoms with E-state index >= 15 is 0 Å². The number of rotatable bonds is 14. The molecule has 7 nitrogen and oxygen atoms in total. The Morgan fingerprint density at radius 3 is 0.898 bits per heavy atom. The number of nitrogens with zero attached hydrogens (tertiary/aromatic N) is 1. The lowest BCUT2D eigenvalue weighted by atomic mass is 9.85. The maximum Gasteiger partial charge on any atom is 0.0656 e. The van der Waals surface area contributed by atoms with Gasteiger partial charge in [-0.3, -0.25) is 0 Å². The molecule has 59 heavy (non-hydrogen) atoms. The van der Waals surface area contributed by atoms with Gasteiger partial charge in [0.1, 0.15) is 0 Å². The van der Waals surface area contributed by atoms with Gasteiger partial charge in [-0.25, -0.2) is 0 Å². The van der Waals surface area contributed by atoms with Crippen molar-refractivity contribution in [3.05, 3.63) is 89.5 Å². The standard InChI is InChI=1S/C29H39N3O2.2C6H14O.C3H8.4C2H6/c1-28(2,19-33)30-24-13-7-21(8-14-24)27(23-11-17-26(18-12-23)32(5)6)22-9-15-25(16-10-22)31-29(3,4)20-34;2*1-5(2)4-6(3)7;1-3-2;4*1-2/h7-18,27,30-31,33-34H,19-20H2,1-6H3;2*5-7H,4H2,1-3H3;3H2,1-2H3;4*1-2H3. The predicted octanol–water partition coefficient (Wildman–Crippen LogP) is 13.6. The van der Waals surface area contributed by atoms with Crippen LogP contribution in [0.2, 0.25) is 0 Å². The summed E-state index contributed by atoms with van der Waals surface area (Å²) in [5, 5.41) is 43.4. The van der Waals surface area contributed by atoms with Crippen molar-refractivity contribution in [3.63, 3.8) is 0 Å². The fourth-order valence-corrected chi connectivity index (χ4v) is 5.29. The molecule has 2 atom stereocenters. The molecule has 3 aromatic rings. The lowest BCUT2D eigenvalue weighted by Gasteiger charge is -2.26. The van der Waals surface area contributed by atoms with Crippen molar-refractivity contribution in [1.82, 2.24) is 0 Å². The van der Waals surface area contributed by atoms with Gasteiger partial charge >= 0.3 is 0 Å². The molecule has 0 aromatic heterocycles. The van der Waals surface area contributed by atoms with E-state index in [0.717, 1.165) is 24.2 Å². The first-order valence-corrected chi connectivity index (χ1v) is 22.8. The molecule has 7 heteroatoms. The molecule has 3 rings (SSSR count). The van der Waals surface area contributed by atoms with E-state index in [0.29, 0.717) is 11.8 Å². The molecule has 2 unspecified atom stereocenters. The molecule has 3 aromatic carbocycles. The summed E-state index contributed by atoms with van der Waals surface area (Å²) in [6.07, 6.45) is 2.83. The first kappa shape index (κ1) is 65.0. The summed E-state index contributed by atoms with van der Waals surface area (Å²) in [4.78, 5) is 2.10. The Labute approximate surface area is 367 Å². The number of hydrogen-bond acceptors (Lipinski definition) is 7. The Balaban J connectivity index is -0.000000320. The molecular weight excluding hydrogens is 731 g/mol. The first-order valence-electron chi connectivity index (χ1n) is 22.8. The normalized spacial score (nSPS) is 11.2. The fraction of sp³-hybridized carbons (Fsp3) is 0.654. The largest absolute Gasteiger partial charge is 0.394 e. The first-order chi connectivity index (χ1) is 27.7. The quantitative estimate of drug-likeness (QED) is 0.0898. The number of hydrogen-bond donors (Lipinski definition) is 6. The smallest absolute Gasteiger partial charge is 0.0656 e. The predicted molar refractivity (Wildman–Crippen MR) is 268 cm³/mol. The molecule has 0 aliphatic heterocycles. The van der Waals surface area contributed by atoms with Gasteiger partial charge in [0, 0.05) is 37.1 Å². The minimum absolute atomic E-state index is 0.0586. The third-order valence-electron chi connectivity index (χ3n) is 7.61. The number of benzene rings is 3. The van der Waals surface area contributed by atoms with E-state index in [2.05, 4.69) is 130 Å². The average Bonchev–Trinajstić information content (AvgIpc) is 3.19. The zero-order valence-corrected chi connectivity index (χ0v) is 42.6. The number of aliphatic hydroxyl groups is 4. The van der Waals surface area contributed by atoms with Crippen molar-refractivity contribution >= 4 is 17.1 Å². The van der Waals surface area contributed by atoms with E-state index in [1.165, 1.54) is 28.8 Å². The molecule has 0 aliphatic carbocycles. The fourth-order valence-electron chi connectivity index (χ4n) is 5.29. The van der Waals surface area contributed by atoms with Crippen LogP contribution in [0.5, 0.6) is 0 Å². The van der Waals surface area contributed by atoms with Crippen LogP contribution in [0.3, 0.4) is 0 Å². The summed E-state index contributed by atoms with van der Waals surface area (Å²) < 4.78 is 0. The second-order valence-corrected chi connectivity index (χ2v) is 16.2. The summed E-state index contributed by atoms with van der Waals surface area (Å²) in [6.45, 7) is 40.3. The summed E-state index contributed by atoms with van der Waals surface area (Å²) in [5.74, 6) is 1.33. The Hall–Kier alpha value is -3.10. The lowest BCUT2D eigenvalue weighted by molar-refractivity contribution is 0.167. The van der Waals surface area contributed by atoms with Crippen LogP contribution in [0.1, 0.15) is 180 Å². The summed E-state index contributed by atoms with van der Waals surface area (Å²) >= 11 is 0. The molecule has 0 aliphatic rings. The highest BCUT2D eigenvalue weighted by Gasteiger charge is 2.20. The van der Waals surface area contributed by atoms with Crippen LogP contribution in [0.4, 0.5) is 17.1 Å². The number of aliphatic hydroxyl groups excluding tert-OH is 4. The van der Waals surface area contributed by atoms with E-state index < -0.39 is 0 Å². The molecule has 0 radical (unpaired) electrons. The second kappa shape index (κ2) is 39.1. The molecule has 0 amide bonds. The zero-order chi connectivity index (χ0) is 47.4. The van der Waals surface area contributed by atoms with E-state index in [9.17, 15) is 10.2 Å². The van der Waals surface area contributed by atoms with Gasteiger partial charge in [0.25, 0.3) is 0 Å². The Bertz CT molecular complexity index is 1200. The SMILES string of the molecule is CC.CC.CC.CC.CC(C)CC(C)O.CC(C)CC(C)O.CCC.CN(C)c1ccc(C(c2ccc(NC(C)(C)CO)cc2)c2ccc(NC(C)(C)CO)cc2)cc1. The molecule has 0 fully saturated rings. The van der Waals surface area contributed by atoms with E-state index in [-0.39, 0.29) is 42.4 Å². The van der Waals surface area contributed by atoms with Crippen LogP contribution in [-0.2, 0) is 0 Å². The molecule has 0 bridgehead atoms. The van der Waals surface area contributed by atoms with Crippen LogP contribution in [0.25, 0.3) is 0 Å². The van der Waals surface area contributed by atoms with Gasteiger partial charge in [0.15, 0.2) is 0 Å². The molecule has 0 heterocycles. The molecule has 0 spiro atoms. The Morgan fingerprint density at radius 2 is 0.729 bits per heavy atom. The molecular formula is C52H99N3O4. The van der Waals surface area contributed by atoms with Gasteiger partial charge in [-0.1, -0.05) is 140 Å². The Morgan fingerprint density at radius 1 is 0.492 bits per heavy atom. The molecule has 0 saturated heterocycles. The van der Waals surface area contributed by atoms with Crippen molar-refractivity contribution < 1.29 is 20.4 Å². The highest BCUT2D eigenvalue weighted by molar-refractivity contribution is 5.55. The summed E-state index contributed by atoms with van der Waals surface area (Å²) in [5.41, 5.74) is 5.98. The van der Waals surface area contributed by atoms with Crippen LogP contribution in [0.15, 0.2) is 72.8 Å². The van der Waals surface area contributed by atoms with Crippen LogP contribution < -0.4 is 15.5 Å².